The van der Waals surface area contributed by atoms with Gasteiger partial charge in [-0.2, -0.15) is 0 Å². The van der Waals surface area contributed by atoms with Crippen LogP contribution in [0.15, 0.2) is 73.3 Å². The molecule has 2 aromatic rings. The molecule has 0 heterocycles. The molecule has 0 amide bonds. The maximum Gasteiger partial charge on any atom is 0.134 e. The minimum Gasteiger partial charge on any atom is -0.393 e. The quantitative estimate of drug-likeness (QED) is 0.802. The molecule has 1 N–H and O–H groups in total. The fourth-order valence-electron chi connectivity index (χ4n) is 1.97. The zero-order chi connectivity index (χ0) is 13.6. The zero-order valence-electron chi connectivity index (χ0n) is 10.8. The predicted octanol–water partition coefficient (Wildman–Crippen LogP) is 3.28. The first-order valence-electron chi connectivity index (χ1n) is 6.28. The monoisotopic (exact) mass is 254 g/mol. The SMILES string of the molecule is C=C[C@](CO)(OCc1ccccc1)c1ccccc1. The highest BCUT2D eigenvalue weighted by Crippen LogP contribution is 2.27. The number of aliphatic hydroxyl groups is 1. The molecule has 0 bridgehead atoms. The van der Waals surface area contributed by atoms with Gasteiger partial charge in [-0.05, 0) is 11.1 Å². The van der Waals surface area contributed by atoms with Gasteiger partial charge in [0.25, 0.3) is 0 Å². The molecule has 0 fully saturated rings. The molecule has 0 unspecified atom stereocenters. The molecule has 2 rings (SSSR count). The second kappa shape index (κ2) is 6.32. The van der Waals surface area contributed by atoms with Crippen molar-refractivity contribution in [2.75, 3.05) is 6.61 Å². The Hall–Kier alpha value is -1.90. The van der Waals surface area contributed by atoms with E-state index < -0.39 is 5.60 Å². The second-order valence-corrected chi connectivity index (χ2v) is 4.39. The molecular weight excluding hydrogens is 236 g/mol. The number of aliphatic hydroxyl groups excluding tert-OH is 1. The first-order valence-corrected chi connectivity index (χ1v) is 6.28. The maximum atomic E-state index is 9.71. The van der Waals surface area contributed by atoms with Gasteiger partial charge < -0.3 is 9.84 Å². The van der Waals surface area contributed by atoms with Crippen LogP contribution in [0.1, 0.15) is 11.1 Å². The molecule has 0 aromatic heterocycles. The Balaban J connectivity index is 2.19. The summed E-state index contributed by atoms with van der Waals surface area (Å²) >= 11 is 0. The van der Waals surface area contributed by atoms with Crippen LogP contribution < -0.4 is 0 Å². The van der Waals surface area contributed by atoms with E-state index in [9.17, 15) is 5.11 Å². The lowest BCUT2D eigenvalue weighted by molar-refractivity contribution is -0.0597. The summed E-state index contributed by atoms with van der Waals surface area (Å²) in [6.45, 7) is 4.11. The number of ether oxygens (including phenoxy) is 1. The Kier molecular flexibility index (Phi) is 4.50. The van der Waals surface area contributed by atoms with Crippen LogP contribution in [0.3, 0.4) is 0 Å². The average molecular weight is 254 g/mol. The average Bonchev–Trinajstić information content (AvgIpc) is 2.51. The Labute approximate surface area is 114 Å². The number of benzene rings is 2. The molecular formula is C17H18O2. The summed E-state index contributed by atoms with van der Waals surface area (Å²) < 4.78 is 5.93. The van der Waals surface area contributed by atoms with Crippen LogP contribution in [0.25, 0.3) is 0 Å². The van der Waals surface area contributed by atoms with E-state index in [-0.39, 0.29) is 6.61 Å². The highest BCUT2D eigenvalue weighted by Gasteiger charge is 2.28. The van der Waals surface area contributed by atoms with E-state index >= 15 is 0 Å². The minimum absolute atomic E-state index is 0.132. The third-order valence-corrected chi connectivity index (χ3v) is 3.17. The molecule has 19 heavy (non-hydrogen) atoms. The van der Waals surface area contributed by atoms with Crippen molar-refractivity contribution in [3.05, 3.63) is 84.4 Å². The molecule has 0 spiro atoms. The molecule has 1 atom stereocenters. The van der Waals surface area contributed by atoms with Gasteiger partial charge in [0.1, 0.15) is 5.60 Å². The van der Waals surface area contributed by atoms with Crippen LogP contribution in [0.2, 0.25) is 0 Å². The van der Waals surface area contributed by atoms with Crippen LogP contribution in [-0.4, -0.2) is 11.7 Å². The van der Waals surface area contributed by atoms with Crippen molar-refractivity contribution in [1.82, 2.24) is 0 Å². The third kappa shape index (κ3) is 3.11. The second-order valence-electron chi connectivity index (χ2n) is 4.39. The Morgan fingerprint density at radius 2 is 1.58 bits per heavy atom. The molecule has 2 heteroatoms. The fraction of sp³-hybridized carbons (Fsp3) is 0.176. The molecule has 0 aliphatic heterocycles. The van der Waals surface area contributed by atoms with E-state index in [1.165, 1.54) is 0 Å². The summed E-state index contributed by atoms with van der Waals surface area (Å²) in [6, 6.07) is 19.5. The lowest BCUT2D eigenvalue weighted by atomic mass is 9.94. The summed E-state index contributed by atoms with van der Waals surface area (Å²) in [5.41, 5.74) is 1.12. The van der Waals surface area contributed by atoms with Crippen molar-refractivity contribution in [3.63, 3.8) is 0 Å². The fourth-order valence-corrected chi connectivity index (χ4v) is 1.97. The lowest BCUT2D eigenvalue weighted by Gasteiger charge is -2.29. The Morgan fingerprint density at radius 1 is 1.00 bits per heavy atom. The molecule has 0 aliphatic carbocycles. The summed E-state index contributed by atoms with van der Waals surface area (Å²) in [6.07, 6.45) is 1.66. The number of hydrogen-bond acceptors (Lipinski definition) is 2. The maximum absolute atomic E-state index is 9.71. The summed E-state index contributed by atoms with van der Waals surface area (Å²) in [7, 11) is 0. The Bertz CT molecular complexity index is 507. The smallest absolute Gasteiger partial charge is 0.134 e. The highest BCUT2D eigenvalue weighted by atomic mass is 16.5. The molecule has 98 valence electrons. The van der Waals surface area contributed by atoms with Gasteiger partial charge in [-0.25, -0.2) is 0 Å². The van der Waals surface area contributed by atoms with Gasteiger partial charge >= 0.3 is 0 Å². The van der Waals surface area contributed by atoms with Crippen molar-refractivity contribution < 1.29 is 9.84 Å². The molecule has 2 nitrogen and oxygen atoms in total. The van der Waals surface area contributed by atoms with Gasteiger partial charge in [0.05, 0.1) is 13.2 Å². The van der Waals surface area contributed by atoms with E-state index in [1.54, 1.807) is 6.08 Å². The van der Waals surface area contributed by atoms with E-state index in [2.05, 4.69) is 6.58 Å². The molecule has 0 saturated heterocycles. The van der Waals surface area contributed by atoms with Crippen molar-refractivity contribution in [2.45, 2.75) is 12.2 Å². The number of hydrogen-bond donors (Lipinski definition) is 1. The van der Waals surface area contributed by atoms with Gasteiger partial charge in [-0.1, -0.05) is 73.3 Å². The summed E-state index contributed by atoms with van der Waals surface area (Å²) in [5.74, 6) is 0. The van der Waals surface area contributed by atoms with Crippen LogP contribution in [0.4, 0.5) is 0 Å². The third-order valence-electron chi connectivity index (χ3n) is 3.17. The minimum atomic E-state index is -0.850. The van der Waals surface area contributed by atoms with Gasteiger partial charge in [0.15, 0.2) is 0 Å². The van der Waals surface area contributed by atoms with E-state index in [1.807, 2.05) is 60.7 Å². The van der Waals surface area contributed by atoms with Gasteiger partial charge in [-0.15, -0.1) is 0 Å². The largest absolute Gasteiger partial charge is 0.393 e. The van der Waals surface area contributed by atoms with Crippen LogP contribution in [0.5, 0.6) is 0 Å². The van der Waals surface area contributed by atoms with Crippen LogP contribution >= 0.6 is 0 Å². The molecule has 0 saturated carbocycles. The predicted molar refractivity (Wildman–Crippen MR) is 76.6 cm³/mol. The highest BCUT2D eigenvalue weighted by molar-refractivity contribution is 5.27. The van der Waals surface area contributed by atoms with Gasteiger partial charge in [0.2, 0.25) is 0 Å². The summed E-state index contributed by atoms with van der Waals surface area (Å²) in [4.78, 5) is 0. The van der Waals surface area contributed by atoms with Crippen molar-refractivity contribution in [1.29, 1.82) is 0 Å². The molecule has 0 radical (unpaired) electrons. The van der Waals surface area contributed by atoms with Gasteiger partial charge in [-0.3, -0.25) is 0 Å². The topological polar surface area (TPSA) is 29.5 Å². The standard InChI is InChI=1S/C17H18O2/c1-2-17(14-18,16-11-7-4-8-12-16)19-13-15-9-5-3-6-10-15/h2-12,18H,1,13-14H2/t17-/m1/s1. The van der Waals surface area contributed by atoms with E-state index in [4.69, 9.17) is 4.74 Å². The van der Waals surface area contributed by atoms with Crippen molar-refractivity contribution >= 4 is 0 Å². The van der Waals surface area contributed by atoms with Crippen molar-refractivity contribution in [2.24, 2.45) is 0 Å². The summed E-state index contributed by atoms with van der Waals surface area (Å²) in [5, 5.41) is 9.71. The van der Waals surface area contributed by atoms with Crippen LogP contribution in [0, 0.1) is 0 Å². The van der Waals surface area contributed by atoms with Gasteiger partial charge in [0, 0.05) is 0 Å². The first kappa shape index (κ1) is 13.5. The lowest BCUT2D eigenvalue weighted by Crippen LogP contribution is -2.31. The number of rotatable bonds is 6. The van der Waals surface area contributed by atoms with E-state index in [0.717, 1.165) is 11.1 Å². The zero-order valence-corrected chi connectivity index (χ0v) is 10.8. The first-order chi connectivity index (χ1) is 9.30. The van der Waals surface area contributed by atoms with Crippen LogP contribution in [-0.2, 0) is 16.9 Å². The Morgan fingerprint density at radius 3 is 2.11 bits per heavy atom. The van der Waals surface area contributed by atoms with E-state index in [0.29, 0.717) is 6.61 Å². The van der Waals surface area contributed by atoms with Crippen molar-refractivity contribution in [3.8, 4) is 0 Å². The molecule has 2 aromatic carbocycles. The molecule has 0 aliphatic rings. The normalized spacial score (nSPS) is 13.7.